The van der Waals surface area contributed by atoms with Crippen LogP contribution >= 0.6 is 0 Å². The van der Waals surface area contributed by atoms with E-state index in [0.29, 0.717) is 23.7 Å². The molecule has 0 unspecified atom stereocenters. The van der Waals surface area contributed by atoms with Crippen LogP contribution < -0.4 is 10.1 Å². The van der Waals surface area contributed by atoms with Crippen LogP contribution in [0.4, 0.5) is 5.82 Å². The highest BCUT2D eigenvalue weighted by Gasteiger charge is 2.43. The Morgan fingerprint density at radius 2 is 2.04 bits per heavy atom. The zero-order valence-electron chi connectivity index (χ0n) is 13.0. The molecule has 1 aromatic carbocycles. The smallest absolute Gasteiger partial charge is 0.252 e. The van der Waals surface area contributed by atoms with Gasteiger partial charge >= 0.3 is 0 Å². The molecule has 0 saturated heterocycles. The van der Waals surface area contributed by atoms with Crippen LogP contribution in [0, 0.1) is 12.3 Å². The van der Waals surface area contributed by atoms with Crippen LogP contribution in [-0.4, -0.2) is 28.1 Å². The van der Waals surface area contributed by atoms with Gasteiger partial charge in [0.2, 0.25) is 0 Å². The van der Waals surface area contributed by atoms with E-state index in [9.17, 15) is 0 Å². The van der Waals surface area contributed by atoms with Gasteiger partial charge in [-0.15, -0.1) is 0 Å². The van der Waals surface area contributed by atoms with E-state index < -0.39 is 0 Å². The average Bonchev–Trinajstić information content (AvgIpc) is 3.24. The Bertz CT molecular complexity index is 812. The normalized spacial score (nSPS) is 15.5. The minimum Gasteiger partial charge on any atom is -0.493 e. The Labute approximate surface area is 133 Å². The van der Waals surface area contributed by atoms with Crippen molar-refractivity contribution in [3.63, 3.8) is 0 Å². The first kappa shape index (κ1) is 14.0. The minimum atomic E-state index is 0.173. The Kier molecular flexibility index (Phi) is 3.37. The van der Waals surface area contributed by atoms with Gasteiger partial charge in [0.1, 0.15) is 12.1 Å². The first-order chi connectivity index (χ1) is 11.2. The number of aromatic nitrogens is 3. The molecule has 2 aromatic heterocycles. The molecule has 6 nitrogen and oxygen atoms in total. The molecule has 0 atom stereocenters. The zero-order valence-corrected chi connectivity index (χ0v) is 13.0. The molecule has 4 rings (SSSR count). The van der Waals surface area contributed by atoms with Gasteiger partial charge in [0.05, 0.1) is 6.61 Å². The molecule has 0 spiro atoms. The molecule has 0 radical (unpaired) electrons. The van der Waals surface area contributed by atoms with Gasteiger partial charge < -0.3 is 14.5 Å². The largest absolute Gasteiger partial charge is 0.493 e. The Morgan fingerprint density at radius 1 is 1.22 bits per heavy atom. The molecular formula is C17H18N4O2. The van der Waals surface area contributed by atoms with Crippen molar-refractivity contribution in [2.75, 3.05) is 18.5 Å². The highest BCUT2D eigenvalue weighted by molar-refractivity contribution is 5.80. The van der Waals surface area contributed by atoms with Crippen LogP contribution in [0.3, 0.4) is 0 Å². The average molecular weight is 310 g/mol. The summed E-state index contributed by atoms with van der Waals surface area (Å²) in [6, 6.07) is 9.92. The summed E-state index contributed by atoms with van der Waals surface area (Å²) in [5.74, 6) is 2.23. The van der Waals surface area contributed by atoms with Gasteiger partial charge in [-0.05, 0) is 25.0 Å². The van der Waals surface area contributed by atoms with E-state index >= 15 is 0 Å². The summed E-state index contributed by atoms with van der Waals surface area (Å²) in [6.07, 6.45) is 3.80. The lowest BCUT2D eigenvalue weighted by Crippen LogP contribution is -2.23. The number of ether oxygens (including phenoxy) is 1. The molecular weight excluding hydrogens is 292 g/mol. The molecule has 1 aliphatic carbocycles. The first-order valence-corrected chi connectivity index (χ1v) is 7.74. The number of benzene rings is 1. The molecule has 23 heavy (non-hydrogen) atoms. The third-order valence-electron chi connectivity index (χ3n) is 4.18. The number of hydrogen-bond donors (Lipinski definition) is 1. The van der Waals surface area contributed by atoms with Crippen molar-refractivity contribution in [2.45, 2.75) is 19.8 Å². The number of nitrogens with zero attached hydrogens (tertiary/aromatic N) is 3. The van der Waals surface area contributed by atoms with Crippen LogP contribution in [0.1, 0.15) is 18.7 Å². The minimum absolute atomic E-state index is 0.173. The topological polar surface area (TPSA) is 73.1 Å². The van der Waals surface area contributed by atoms with Crippen molar-refractivity contribution in [3.8, 4) is 5.75 Å². The lowest BCUT2D eigenvalue weighted by molar-refractivity contribution is 0.242. The maximum absolute atomic E-state index is 5.91. The lowest BCUT2D eigenvalue weighted by atomic mass is 10.1. The number of aryl methyl sites for hydroxylation is 1. The standard InChI is InChI=1S/C17H18N4O2/c1-12-21-14-15(19-11-20-16(14)23-12)18-9-17(7-8-17)10-22-13-5-3-2-4-6-13/h2-6,11H,7-10H2,1H3,(H,18,19,20). The SMILES string of the molecule is Cc1nc2c(NCC3(COc4ccccc4)CC3)ncnc2o1. The summed E-state index contributed by atoms with van der Waals surface area (Å²) in [7, 11) is 0. The summed E-state index contributed by atoms with van der Waals surface area (Å²) in [6.45, 7) is 3.31. The molecule has 0 aliphatic heterocycles. The van der Waals surface area contributed by atoms with E-state index in [1.54, 1.807) is 0 Å². The Balaban J connectivity index is 1.41. The quantitative estimate of drug-likeness (QED) is 0.753. The number of rotatable bonds is 6. The van der Waals surface area contributed by atoms with Gasteiger partial charge in [-0.1, -0.05) is 18.2 Å². The highest BCUT2D eigenvalue weighted by Crippen LogP contribution is 2.46. The molecule has 0 bridgehead atoms. The highest BCUT2D eigenvalue weighted by atomic mass is 16.5. The van der Waals surface area contributed by atoms with Gasteiger partial charge in [0.15, 0.2) is 17.2 Å². The molecule has 1 saturated carbocycles. The van der Waals surface area contributed by atoms with Crippen molar-refractivity contribution < 1.29 is 9.15 Å². The molecule has 6 heteroatoms. The fraction of sp³-hybridized carbons (Fsp3) is 0.353. The second-order valence-electron chi connectivity index (χ2n) is 6.06. The molecule has 1 fully saturated rings. The Hall–Kier alpha value is -2.63. The van der Waals surface area contributed by atoms with Crippen LogP contribution in [0.5, 0.6) is 5.75 Å². The molecule has 2 heterocycles. The van der Waals surface area contributed by atoms with Crippen LogP contribution in [0.2, 0.25) is 0 Å². The van der Waals surface area contributed by atoms with Crippen molar-refractivity contribution >= 4 is 17.0 Å². The fourth-order valence-corrected chi connectivity index (χ4v) is 2.56. The summed E-state index contributed by atoms with van der Waals surface area (Å²) >= 11 is 0. The summed E-state index contributed by atoms with van der Waals surface area (Å²) < 4.78 is 11.3. The van der Waals surface area contributed by atoms with Crippen LogP contribution in [0.25, 0.3) is 11.2 Å². The number of nitrogens with one attached hydrogen (secondary N) is 1. The molecule has 1 N–H and O–H groups in total. The zero-order chi connectivity index (χ0) is 15.7. The van der Waals surface area contributed by atoms with Crippen molar-refractivity contribution in [1.82, 2.24) is 15.0 Å². The van der Waals surface area contributed by atoms with Crippen molar-refractivity contribution in [2.24, 2.45) is 5.41 Å². The van der Waals surface area contributed by atoms with Gasteiger partial charge in [0.25, 0.3) is 5.71 Å². The molecule has 3 aromatic rings. The summed E-state index contributed by atoms with van der Waals surface area (Å²) in [4.78, 5) is 12.7. The third kappa shape index (κ3) is 2.97. The Morgan fingerprint density at radius 3 is 2.83 bits per heavy atom. The fourth-order valence-electron chi connectivity index (χ4n) is 2.56. The molecule has 118 valence electrons. The van der Waals surface area contributed by atoms with E-state index in [2.05, 4.69) is 20.3 Å². The van der Waals surface area contributed by atoms with Gasteiger partial charge in [-0.25, -0.2) is 9.97 Å². The molecule has 1 aliphatic rings. The van der Waals surface area contributed by atoms with Gasteiger partial charge in [-0.2, -0.15) is 4.98 Å². The predicted octanol–water partition coefficient (Wildman–Crippen LogP) is 3.20. The number of anilines is 1. The maximum atomic E-state index is 5.91. The van der Waals surface area contributed by atoms with E-state index in [1.165, 1.54) is 6.33 Å². The molecule has 0 amide bonds. The summed E-state index contributed by atoms with van der Waals surface area (Å²) in [5, 5.41) is 3.39. The number of para-hydroxylation sites is 1. The first-order valence-electron chi connectivity index (χ1n) is 7.74. The summed E-state index contributed by atoms with van der Waals surface area (Å²) in [5.41, 5.74) is 1.38. The van der Waals surface area contributed by atoms with E-state index in [0.717, 1.165) is 31.0 Å². The second kappa shape index (κ2) is 5.53. The van der Waals surface area contributed by atoms with Crippen molar-refractivity contribution in [1.29, 1.82) is 0 Å². The maximum Gasteiger partial charge on any atom is 0.252 e. The third-order valence-corrected chi connectivity index (χ3v) is 4.18. The van der Waals surface area contributed by atoms with Gasteiger partial charge in [-0.3, -0.25) is 0 Å². The number of hydrogen-bond acceptors (Lipinski definition) is 6. The van der Waals surface area contributed by atoms with Crippen LogP contribution in [0.15, 0.2) is 41.1 Å². The lowest BCUT2D eigenvalue weighted by Gasteiger charge is -2.17. The van der Waals surface area contributed by atoms with E-state index in [4.69, 9.17) is 9.15 Å². The monoisotopic (exact) mass is 310 g/mol. The number of fused-ring (bicyclic) bond motifs is 1. The second-order valence-corrected chi connectivity index (χ2v) is 6.06. The van der Waals surface area contributed by atoms with Crippen LogP contribution in [-0.2, 0) is 0 Å². The number of oxazole rings is 1. The van der Waals surface area contributed by atoms with Crippen molar-refractivity contribution in [3.05, 3.63) is 42.5 Å². The van der Waals surface area contributed by atoms with E-state index in [-0.39, 0.29) is 5.41 Å². The van der Waals surface area contributed by atoms with Gasteiger partial charge in [0, 0.05) is 18.9 Å². The predicted molar refractivity (Wildman–Crippen MR) is 86.4 cm³/mol. The van der Waals surface area contributed by atoms with E-state index in [1.807, 2.05) is 37.3 Å².